The molecule has 0 fully saturated rings. The van der Waals surface area contributed by atoms with E-state index in [0.717, 1.165) is 33.4 Å². The Morgan fingerprint density at radius 1 is 0.698 bits per heavy atom. The fraction of sp³-hybridized carbons (Fsp3) is 0.0769. The second-order valence-corrected chi connectivity index (χ2v) is 11.7. The molecule has 1 radical (unpaired) electrons. The topological polar surface area (TPSA) is 25.8 Å². The molecule has 0 amide bonds. The van der Waals surface area contributed by atoms with Crippen LogP contribution in [0.1, 0.15) is 25.3 Å². The maximum atomic E-state index is 5.18. The van der Waals surface area contributed by atoms with Gasteiger partial charge < -0.3 is 4.98 Å². The van der Waals surface area contributed by atoms with Crippen molar-refractivity contribution in [3.63, 3.8) is 0 Å². The summed E-state index contributed by atoms with van der Waals surface area (Å²) in [5, 5.41) is 6.18. The van der Waals surface area contributed by atoms with Gasteiger partial charge in [0.1, 0.15) is 0 Å². The van der Waals surface area contributed by atoms with E-state index in [1.165, 1.54) is 36.5 Å². The summed E-state index contributed by atoms with van der Waals surface area (Å²) in [5.41, 5.74) is 6.52. The van der Waals surface area contributed by atoms with Crippen molar-refractivity contribution in [2.75, 3.05) is 0 Å². The first-order valence-electron chi connectivity index (χ1n) is 14.2. The summed E-state index contributed by atoms with van der Waals surface area (Å²) >= 11 is 1.86. The Kier molecular flexibility index (Phi) is 8.44. The minimum absolute atomic E-state index is 0. The number of para-hydroxylation sites is 1. The van der Waals surface area contributed by atoms with Gasteiger partial charge in [-0.2, -0.15) is 0 Å². The van der Waals surface area contributed by atoms with E-state index in [1.807, 2.05) is 53.8 Å². The van der Waals surface area contributed by atoms with Gasteiger partial charge in [-0.05, 0) is 40.6 Å². The van der Waals surface area contributed by atoms with E-state index < -0.39 is 0 Å². The summed E-state index contributed by atoms with van der Waals surface area (Å²) < 4.78 is 2.61. The first kappa shape index (κ1) is 28.9. The van der Waals surface area contributed by atoms with Crippen LogP contribution in [0.4, 0.5) is 0 Å². The van der Waals surface area contributed by atoms with Crippen LogP contribution in [0.5, 0.6) is 0 Å². The molecule has 0 saturated carbocycles. The molecule has 5 aromatic carbocycles. The van der Waals surface area contributed by atoms with Crippen LogP contribution < -0.4 is 0 Å². The third-order valence-electron chi connectivity index (χ3n) is 7.55. The van der Waals surface area contributed by atoms with Gasteiger partial charge in [-0.1, -0.05) is 91.5 Å². The zero-order valence-electron chi connectivity index (χ0n) is 23.8. The third kappa shape index (κ3) is 5.62. The van der Waals surface area contributed by atoms with Crippen molar-refractivity contribution < 1.29 is 20.1 Å². The molecule has 0 aliphatic carbocycles. The van der Waals surface area contributed by atoms with Crippen molar-refractivity contribution in [2.24, 2.45) is 0 Å². The van der Waals surface area contributed by atoms with Crippen molar-refractivity contribution in [3.8, 4) is 22.5 Å². The van der Waals surface area contributed by atoms with Gasteiger partial charge in [-0.3, -0.25) is 4.98 Å². The van der Waals surface area contributed by atoms with Crippen LogP contribution in [0, 0.1) is 12.1 Å². The Labute approximate surface area is 269 Å². The van der Waals surface area contributed by atoms with Crippen molar-refractivity contribution in [1.82, 2.24) is 9.97 Å². The molecule has 8 rings (SSSR count). The van der Waals surface area contributed by atoms with Crippen molar-refractivity contribution in [2.45, 2.75) is 19.8 Å². The predicted molar refractivity (Wildman–Crippen MR) is 179 cm³/mol. The third-order valence-corrected chi connectivity index (χ3v) is 8.75. The van der Waals surface area contributed by atoms with E-state index in [0.29, 0.717) is 5.92 Å². The Morgan fingerprint density at radius 2 is 1.42 bits per heavy atom. The van der Waals surface area contributed by atoms with Crippen molar-refractivity contribution in [1.29, 1.82) is 0 Å². The van der Waals surface area contributed by atoms with Crippen LogP contribution in [-0.4, -0.2) is 9.97 Å². The molecule has 0 N–H and O–H groups in total. The number of hydrogen-bond donors (Lipinski definition) is 0. The van der Waals surface area contributed by atoms with E-state index in [4.69, 9.17) is 4.98 Å². The molecule has 3 aromatic heterocycles. The Bertz CT molecular complexity index is 2130. The van der Waals surface area contributed by atoms with Crippen LogP contribution in [0.15, 0.2) is 128 Å². The smallest absolute Gasteiger partial charge is 0.0632 e. The summed E-state index contributed by atoms with van der Waals surface area (Å²) in [6.07, 6.45) is 1.79. The molecule has 2 nitrogen and oxygen atoms in total. The second kappa shape index (κ2) is 12.6. The molecule has 0 spiro atoms. The van der Waals surface area contributed by atoms with Gasteiger partial charge in [-0.15, -0.1) is 76.4 Å². The number of fused-ring (bicyclic) bond motifs is 6. The average Bonchev–Trinajstić information content (AvgIpc) is 3.45. The molecule has 43 heavy (non-hydrogen) atoms. The molecule has 0 aliphatic rings. The molecule has 0 atom stereocenters. The minimum Gasteiger partial charge on any atom is -0.305 e. The number of rotatable bonds is 3. The summed E-state index contributed by atoms with van der Waals surface area (Å²) in [4.78, 5) is 9.40. The quantitative estimate of drug-likeness (QED) is 0.168. The summed E-state index contributed by atoms with van der Waals surface area (Å²) in [5.74, 6) is 0.429. The fourth-order valence-electron chi connectivity index (χ4n) is 5.54. The molecule has 211 valence electrons. The van der Waals surface area contributed by atoms with Crippen LogP contribution in [0.3, 0.4) is 0 Å². The monoisotopic (exact) mass is 749 g/mol. The number of pyridine rings is 2. The van der Waals surface area contributed by atoms with Crippen LogP contribution in [0.25, 0.3) is 64.4 Å². The largest absolute Gasteiger partial charge is 0.305 e. The zero-order valence-corrected chi connectivity index (χ0v) is 27.0. The van der Waals surface area contributed by atoms with Gasteiger partial charge in [-0.25, -0.2) is 0 Å². The van der Waals surface area contributed by atoms with E-state index in [9.17, 15) is 0 Å². The van der Waals surface area contributed by atoms with Crippen LogP contribution in [-0.2, 0) is 20.1 Å². The van der Waals surface area contributed by atoms with Gasteiger partial charge >= 0.3 is 0 Å². The molecule has 3 heterocycles. The molecular weight excluding hydrogens is 721 g/mol. The number of benzene rings is 5. The normalized spacial score (nSPS) is 11.0. The van der Waals surface area contributed by atoms with Gasteiger partial charge in [0.2, 0.25) is 0 Å². The van der Waals surface area contributed by atoms with E-state index >= 15 is 0 Å². The second-order valence-electron chi connectivity index (χ2n) is 10.6. The molecule has 8 aromatic rings. The molecular formula is C39H28IrN2S-2. The van der Waals surface area contributed by atoms with E-state index in [1.54, 1.807) is 6.20 Å². The summed E-state index contributed by atoms with van der Waals surface area (Å²) in [6, 6.07) is 48.5. The number of aromatic nitrogens is 2. The number of thiophene rings is 1. The van der Waals surface area contributed by atoms with E-state index in [-0.39, 0.29) is 20.1 Å². The fourth-order valence-corrected chi connectivity index (χ4v) is 6.78. The first-order valence-corrected chi connectivity index (χ1v) is 15.0. The zero-order chi connectivity index (χ0) is 28.5. The van der Waals surface area contributed by atoms with Gasteiger partial charge in [0.05, 0.1) is 5.52 Å². The van der Waals surface area contributed by atoms with E-state index in [2.05, 4.69) is 110 Å². The maximum absolute atomic E-state index is 5.18. The summed E-state index contributed by atoms with van der Waals surface area (Å²) in [7, 11) is 0. The Balaban J connectivity index is 0.000000213. The molecule has 4 heteroatoms. The first-order chi connectivity index (χ1) is 20.7. The number of nitrogens with zero attached hydrogens (tertiary/aromatic N) is 2. The molecule has 0 unspecified atom stereocenters. The predicted octanol–water partition coefficient (Wildman–Crippen LogP) is 10.9. The Morgan fingerprint density at radius 3 is 2.19 bits per heavy atom. The Hall–Kier alpha value is -4.21. The molecule has 0 bridgehead atoms. The molecule has 0 saturated heterocycles. The van der Waals surface area contributed by atoms with Crippen molar-refractivity contribution in [3.05, 3.63) is 145 Å². The SMILES string of the molecule is CC(C)c1cc(-c2nc3ccccc3c3sc4ccccc4c23)[c-]c2ccccc12.[Ir].[c-]1ccccc1-c1ccccn1. The summed E-state index contributed by atoms with van der Waals surface area (Å²) in [6.45, 7) is 4.52. The van der Waals surface area contributed by atoms with Crippen LogP contribution in [0.2, 0.25) is 0 Å². The minimum atomic E-state index is 0. The van der Waals surface area contributed by atoms with Gasteiger partial charge in [0.25, 0.3) is 0 Å². The standard InChI is InChI=1S/C28H20NS.C11H8N.Ir/c1-17(2)23-16-19(15-18-9-3-4-10-20(18)23)27-26-22-12-6-8-14-25(22)30-28(26)21-11-5-7-13-24(21)29-27;1-2-6-10(7-3-1)11-8-4-5-9-12-11;/h3-14,16-17H,1-2H3;1-6,8-9H;/q2*-1;. The maximum Gasteiger partial charge on any atom is 0.0632 e. The van der Waals surface area contributed by atoms with Crippen molar-refractivity contribution >= 4 is 53.2 Å². The van der Waals surface area contributed by atoms with Crippen LogP contribution >= 0.6 is 11.3 Å². The number of hydrogen-bond acceptors (Lipinski definition) is 3. The average molecular weight is 749 g/mol. The van der Waals surface area contributed by atoms with Gasteiger partial charge in [0, 0.05) is 46.8 Å². The molecule has 0 aliphatic heterocycles. The van der Waals surface area contributed by atoms with Gasteiger partial charge in [0.15, 0.2) is 0 Å².